The highest BCUT2D eigenvalue weighted by Crippen LogP contribution is 2.37. The van der Waals surface area contributed by atoms with E-state index < -0.39 is 0 Å². The Morgan fingerprint density at radius 1 is 1.36 bits per heavy atom. The molecule has 0 fully saturated rings. The lowest BCUT2D eigenvalue weighted by Gasteiger charge is -2.17. The standard InChI is InChI=1S/C16H24ClN5O2S/c1-5-23-14-9-12(8-13(17)15(14)24-11(2)3)10-18-6-7-25-16-19-20-21-22(16)4/h8-9,11,18H,5-7,10H2,1-4H3. The predicted octanol–water partition coefficient (Wildman–Crippen LogP) is 2.93. The average molecular weight is 386 g/mol. The molecule has 2 rings (SSSR count). The number of tetrazole rings is 1. The Kier molecular flexibility index (Phi) is 7.80. The molecule has 9 heteroatoms. The summed E-state index contributed by atoms with van der Waals surface area (Å²) in [4.78, 5) is 0. The van der Waals surface area contributed by atoms with E-state index in [9.17, 15) is 0 Å². The SMILES string of the molecule is CCOc1cc(CNCCSc2nnnn2C)cc(Cl)c1OC(C)C. The van der Waals surface area contributed by atoms with E-state index in [1.165, 1.54) is 0 Å². The number of halogens is 1. The number of nitrogens with one attached hydrogen (secondary N) is 1. The van der Waals surface area contributed by atoms with Crippen LogP contribution in [-0.4, -0.2) is 45.2 Å². The molecule has 0 aliphatic heterocycles. The number of hydrogen-bond acceptors (Lipinski definition) is 7. The third kappa shape index (κ3) is 6.05. The second-order valence-corrected chi connectivity index (χ2v) is 7.08. The van der Waals surface area contributed by atoms with Crippen LogP contribution >= 0.6 is 23.4 Å². The third-order valence-corrected chi connectivity index (χ3v) is 4.44. The molecule has 1 heterocycles. The van der Waals surface area contributed by atoms with Crippen LogP contribution in [0.3, 0.4) is 0 Å². The van der Waals surface area contributed by atoms with Gasteiger partial charge in [-0.1, -0.05) is 23.4 Å². The van der Waals surface area contributed by atoms with Crippen molar-refractivity contribution in [3.8, 4) is 11.5 Å². The quantitative estimate of drug-likeness (QED) is 0.497. The number of aryl methyl sites for hydroxylation is 1. The molecule has 2 aromatic rings. The minimum atomic E-state index is 0.0350. The fraction of sp³-hybridized carbons (Fsp3) is 0.562. The maximum atomic E-state index is 6.38. The van der Waals surface area contributed by atoms with Crippen LogP contribution in [0, 0.1) is 0 Å². The zero-order chi connectivity index (χ0) is 18.2. The number of aromatic nitrogens is 4. The summed E-state index contributed by atoms with van der Waals surface area (Å²) < 4.78 is 13.1. The van der Waals surface area contributed by atoms with Crippen molar-refractivity contribution >= 4 is 23.4 Å². The lowest BCUT2D eigenvalue weighted by Crippen LogP contribution is -2.17. The zero-order valence-corrected chi connectivity index (χ0v) is 16.5. The normalized spacial score (nSPS) is 11.1. The average Bonchev–Trinajstić information content (AvgIpc) is 2.95. The fourth-order valence-electron chi connectivity index (χ4n) is 2.13. The van der Waals surface area contributed by atoms with Crippen LogP contribution in [0.1, 0.15) is 26.3 Å². The molecule has 0 aliphatic carbocycles. The largest absolute Gasteiger partial charge is 0.490 e. The van der Waals surface area contributed by atoms with E-state index in [4.69, 9.17) is 21.1 Å². The van der Waals surface area contributed by atoms with Gasteiger partial charge >= 0.3 is 0 Å². The van der Waals surface area contributed by atoms with Gasteiger partial charge in [-0.15, -0.1) is 5.10 Å². The summed E-state index contributed by atoms with van der Waals surface area (Å²) in [6.07, 6.45) is 0.0350. The fourth-order valence-corrected chi connectivity index (χ4v) is 3.15. The van der Waals surface area contributed by atoms with Crippen LogP contribution < -0.4 is 14.8 Å². The monoisotopic (exact) mass is 385 g/mol. The van der Waals surface area contributed by atoms with Crippen LogP contribution in [0.15, 0.2) is 17.3 Å². The summed E-state index contributed by atoms with van der Waals surface area (Å²) in [5, 5.41) is 16.1. The summed E-state index contributed by atoms with van der Waals surface area (Å²) in [5.41, 5.74) is 1.05. The highest BCUT2D eigenvalue weighted by molar-refractivity contribution is 7.99. The van der Waals surface area contributed by atoms with Crippen molar-refractivity contribution in [1.82, 2.24) is 25.5 Å². The Labute approximate surface area is 157 Å². The molecule has 0 amide bonds. The van der Waals surface area contributed by atoms with Crippen molar-refractivity contribution in [3.05, 3.63) is 22.7 Å². The molecule has 0 unspecified atom stereocenters. The molecule has 1 aromatic carbocycles. The van der Waals surface area contributed by atoms with Gasteiger partial charge < -0.3 is 14.8 Å². The number of hydrogen-bond donors (Lipinski definition) is 1. The van der Waals surface area contributed by atoms with Gasteiger partial charge in [-0.3, -0.25) is 0 Å². The Balaban J connectivity index is 1.89. The van der Waals surface area contributed by atoms with E-state index in [0.717, 1.165) is 23.0 Å². The maximum absolute atomic E-state index is 6.38. The van der Waals surface area contributed by atoms with Crippen molar-refractivity contribution in [1.29, 1.82) is 0 Å². The van der Waals surface area contributed by atoms with Gasteiger partial charge in [0.15, 0.2) is 11.5 Å². The number of ether oxygens (including phenoxy) is 2. The van der Waals surface area contributed by atoms with Crippen LogP contribution in [0.25, 0.3) is 0 Å². The zero-order valence-electron chi connectivity index (χ0n) is 15.0. The van der Waals surface area contributed by atoms with E-state index >= 15 is 0 Å². The third-order valence-electron chi connectivity index (χ3n) is 3.14. The van der Waals surface area contributed by atoms with E-state index in [0.29, 0.717) is 29.7 Å². The number of benzene rings is 1. The lowest BCUT2D eigenvalue weighted by molar-refractivity contribution is 0.224. The summed E-state index contributed by atoms with van der Waals surface area (Å²) in [7, 11) is 1.83. The van der Waals surface area contributed by atoms with Crippen molar-refractivity contribution in [2.24, 2.45) is 7.05 Å². The molecule has 0 saturated heterocycles. The molecule has 0 bridgehead atoms. The van der Waals surface area contributed by atoms with E-state index in [1.807, 2.05) is 40.0 Å². The first-order valence-electron chi connectivity index (χ1n) is 8.19. The second-order valence-electron chi connectivity index (χ2n) is 5.61. The molecule has 0 aliphatic rings. The Hall–Kier alpha value is -1.51. The van der Waals surface area contributed by atoms with Crippen molar-refractivity contribution < 1.29 is 9.47 Å². The molecular weight excluding hydrogens is 362 g/mol. The van der Waals surface area contributed by atoms with Gasteiger partial charge in [0.05, 0.1) is 17.7 Å². The van der Waals surface area contributed by atoms with Gasteiger partial charge in [-0.2, -0.15) is 0 Å². The van der Waals surface area contributed by atoms with Gasteiger partial charge in [-0.05, 0) is 48.9 Å². The summed E-state index contributed by atoms with van der Waals surface area (Å²) in [5.74, 6) is 2.15. The van der Waals surface area contributed by atoms with Crippen molar-refractivity contribution in [2.45, 2.75) is 38.6 Å². The highest BCUT2D eigenvalue weighted by Gasteiger charge is 2.14. The molecule has 1 N–H and O–H groups in total. The molecule has 0 spiro atoms. The predicted molar refractivity (Wildman–Crippen MR) is 99.6 cm³/mol. The molecule has 0 saturated carbocycles. The molecule has 0 atom stereocenters. The second kappa shape index (κ2) is 9.84. The number of thioether (sulfide) groups is 1. The Morgan fingerprint density at radius 2 is 2.16 bits per heavy atom. The van der Waals surface area contributed by atoms with Crippen LogP contribution in [0.2, 0.25) is 5.02 Å². The molecule has 138 valence electrons. The van der Waals surface area contributed by atoms with Crippen LogP contribution in [0.5, 0.6) is 11.5 Å². The molecule has 0 radical (unpaired) electrons. The van der Waals surface area contributed by atoms with Gasteiger partial charge in [0.2, 0.25) is 5.16 Å². The van der Waals surface area contributed by atoms with Gasteiger partial charge in [0.25, 0.3) is 0 Å². The first kappa shape index (κ1) is 19.8. The topological polar surface area (TPSA) is 74.1 Å². The van der Waals surface area contributed by atoms with Gasteiger partial charge in [-0.25, -0.2) is 4.68 Å². The minimum absolute atomic E-state index is 0.0350. The number of rotatable bonds is 10. The molecule has 1 aromatic heterocycles. The lowest BCUT2D eigenvalue weighted by atomic mass is 10.2. The summed E-state index contributed by atoms with van der Waals surface area (Å²) in [6.45, 7) is 7.95. The van der Waals surface area contributed by atoms with Crippen LogP contribution in [0.4, 0.5) is 0 Å². The maximum Gasteiger partial charge on any atom is 0.209 e. The Morgan fingerprint density at radius 3 is 2.80 bits per heavy atom. The van der Waals surface area contributed by atoms with Crippen molar-refractivity contribution in [2.75, 3.05) is 18.9 Å². The van der Waals surface area contributed by atoms with E-state index in [2.05, 4.69) is 20.8 Å². The highest BCUT2D eigenvalue weighted by atomic mass is 35.5. The first-order valence-corrected chi connectivity index (χ1v) is 9.55. The summed E-state index contributed by atoms with van der Waals surface area (Å²) in [6, 6.07) is 3.88. The van der Waals surface area contributed by atoms with Gasteiger partial charge in [0, 0.05) is 25.9 Å². The summed E-state index contributed by atoms with van der Waals surface area (Å²) >= 11 is 7.98. The number of nitrogens with zero attached hydrogens (tertiary/aromatic N) is 4. The van der Waals surface area contributed by atoms with Crippen LogP contribution in [-0.2, 0) is 13.6 Å². The smallest absolute Gasteiger partial charge is 0.209 e. The molecule has 7 nitrogen and oxygen atoms in total. The molecular formula is C16H24ClN5O2S. The first-order chi connectivity index (χ1) is 12.0. The minimum Gasteiger partial charge on any atom is -0.490 e. The van der Waals surface area contributed by atoms with E-state index in [-0.39, 0.29) is 6.10 Å². The van der Waals surface area contributed by atoms with E-state index in [1.54, 1.807) is 16.4 Å². The Bertz CT molecular complexity index is 681. The molecule has 25 heavy (non-hydrogen) atoms. The van der Waals surface area contributed by atoms with Gasteiger partial charge in [0.1, 0.15) is 0 Å². The van der Waals surface area contributed by atoms with Crippen molar-refractivity contribution in [3.63, 3.8) is 0 Å².